The molecule has 17 heavy (non-hydrogen) atoms. The van der Waals surface area contributed by atoms with Crippen LogP contribution in [0.5, 0.6) is 0 Å². The van der Waals surface area contributed by atoms with E-state index in [9.17, 15) is 0 Å². The van der Waals surface area contributed by atoms with Crippen LogP contribution in [0.15, 0.2) is 18.2 Å². The Morgan fingerprint density at radius 3 is 2.94 bits per heavy atom. The summed E-state index contributed by atoms with van der Waals surface area (Å²) in [6, 6.07) is 6.62. The van der Waals surface area contributed by atoms with Gasteiger partial charge >= 0.3 is 0 Å². The van der Waals surface area contributed by atoms with Gasteiger partial charge in [-0.25, -0.2) is 0 Å². The molecule has 0 saturated carbocycles. The molecule has 2 nitrogen and oxygen atoms in total. The lowest BCUT2D eigenvalue weighted by molar-refractivity contribution is 0.0954. The standard InChI is InChI=1S/C14H20ClNO/c1-10-5-6-11(8-13(10)15)14(16-2)9-12-4-3-7-17-12/h5-6,8,12,14,16H,3-4,7,9H2,1-2H3. The van der Waals surface area contributed by atoms with Crippen LogP contribution in [0.2, 0.25) is 5.02 Å². The summed E-state index contributed by atoms with van der Waals surface area (Å²) in [5.74, 6) is 0. The van der Waals surface area contributed by atoms with Gasteiger partial charge in [0.2, 0.25) is 0 Å². The monoisotopic (exact) mass is 253 g/mol. The van der Waals surface area contributed by atoms with E-state index in [1.807, 2.05) is 14.0 Å². The number of halogens is 1. The van der Waals surface area contributed by atoms with E-state index in [1.54, 1.807) is 0 Å². The van der Waals surface area contributed by atoms with Crippen LogP contribution in [0, 0.1) is 6.92 Å². The molecule has 1 aromatic carbocycles. The Morgan fingerprint density at radius 2 is 2.35 bits per heavy atom. The number of nitrogens with one attached hydrogen (secondary N) is 1. The summed E-state index contributed by atoms with van der Waals surface area (Å²) in [5, 5.41) is 4.20. The van der Waals surface area contributed by atoms with Crippen LogP contribution in [0.3, 0.4) is 0 Å². The highest BCUT2D eigenvalue weighted by atomic mass is 35.5. The second-order valence-corrected chi connectivity index (χ2v) is 5.13. The molecule has 0 aliphatic carbocycles. The van der Waals surface area contributed by atoms with E-state index in [4.69, 9.17) is 16.3 Å². The van der Waals surface area contributed by atoms with Crippen LogP contribution in [-0.4, -0.2) is 19.8 Å². The van der Waals surface area contributed by atoms with Crippen molar-refractivity contribution in [2.24, 2.45) is 0 Å². The Labute approximate surface area is 108 Å². The molecular weight excluding hydrogens is 234 g/mol. The van der Waals surface area contributed by atoms with Gasteiger partial charge in [-0.05, 0) is 50.4 Å². The summed E-state index contributed by atoms with van der Waals surface area (Å²) in [6.07, 6.45) is 3.79. The van der Waals surface area contributed by atoms with Crippen LogP contribution in [0.25, 0.3) is 0 Å². The summed E-state index contributed by atoms with van der Waals surface area (Å²) in [4.78, 5) is 0. The van der Waals surface area contributed by atoms with Crippen LogP contribution < -0.4 is 5.32 Å². The lowest BCUT2D eigenvalue weighted by Gasteiger charge is -2.20. The number of hydrogen-bond donors (Lipinski definition) is 1. The van der Waals surface area contributed by atoms with Crippen molar-refractivity contribution < 1.29 is 4.74 Å². The van der Waals surface area contributed by atoms with E-state index >= 15 is 0 Å². The smallest absolute Gasteiger partial charge is 0.0594 e. The maximum atomic E-state index is 6.17. The summed E-state index contributed by atoms with van der Waals surface area (Å²) >= 11 is 6.17. The van der Waals surface area contributed by atoms with E-state index in [2.05, 4.69) is 23.5 Å². The fourth-order valence-corrected chi connectivity index (χ4v) is 2.53. The second-order valence-electron chi connectivity index (χ2n) is 4.72. The molecule has 2 rings (SSSR count). The summed E-state index contributed by atoms with van der Waals surface area (Å²) < 4.78 is 5.69. The fourth-order valence-electron chi connectivity index (χ4n) is 2.34. The molecule has 2 unspecified atom stereocenters. The molecule has 1 fully saturated rings. The molecule has 1 N–H and O–H groups in total. The summed E-state index contributed by atoms with van der Waals surface area (Å²) in [7, 11) is 1.99. The zero-order chi connectivity index (χ0) is 12.3. The molecule has 3 heteroatoms. The van der Waals surface area contributed by atoms with E-state index in [1.165, 1.54) is 18.4 Å². The molecule has 0 radical (unpaired) electrons. The molecule has 0 aromatic heterocycles. The third-order valence-corrected chi connectivity index (χ3v) is 3.88. The first-order valence-corrected chi connectivity index (χ1v) is 6.63. The first kappa shape index (κ1) is 12.9. The predicted molar refractivity (Wildman–Crippen MR) is 71.6 cm³/mol. The van der Waals surface area contributed by atoms with E-state index in [0.717, 1.165) is 23.6 Å². The van der Waals surface area contributed by atoms with Gasteiger partial charge in [-0.2, -0.15) is 0 Å². The van der Waals surface area contributed by atoms with Gasteiger partial charge in [-0.3, -0.25) is 0 Å². The van der Waals surface area contributed by atoms with Crippen molar-refractivity contribution in [2.45, 2.75) is 38.3 Å². The largest absolute Gasteiger partial charge is 0.378 e. The van der Waals surface area contributed by atoms with Crippen molar-refractivity contribution in [1.82, 2.24) is 5.32 Å². The summed E-state index contributed by atoms with van der Waals surface area (Å²) in [6.45, 7) is 2.94. The molecule has 0 amide bonds. The molecular formula is C14H20ClNO. The molecule has 1 heterocycles. The molecule has 1 aromatic rings. The van der Waals surface area contributed by atoms with Gasteiger partial charge in [-0.1, -0.05) is 23.7 Å². The minimum absolute atomic E-state index is 0.330. The molecule has 1 aliphatic rings. The molecule has 2 atom stereocenters. The van der Waals surface area contributed by atoms with Gasteiger partial charge in [-0.15, -0.1) is 0 Å². The third kappa shape index (κ3) is 3.21. The van der Waals surface area contributed by atoms with E-state index < -0.39 is 0 Å². The minimum Gasteiger partial charge on any atom is -0.378 e. The summed E-state index contributed by atoms with van der Waals surface area (Å²) in [5.41, 5.74) is 2.38. The molecule has 0 bridgehead atoms. The number of hydrogen-bond acceptors (Lipinski definition) is 2. The van der Waals surface area contributed by atoms with Crippen LogP contribution >= 0.6 is 11.6 Å². The molecule has 0 spiro atoms. The fraction of sp³-hybridized carbons (Fsp3) is 0.571. The molecule has 1 saturated heterocycles. The molecule has 94 valence electrons. The first-order valence-electron chi connectivity index (χ1n) is 6.25. The van der Waals surface area contributed by atoms with Gasteiger partial charge < -0.3 is 10.1 Å². The zero-order valence-corrected chi connectivity index (χ0v) is 11.3. The first-order chi connectivity index (χ1) is 8.20. The number of benzene rings is 1. The van der Waals surface area contributed by atoms with Gasteiger partial charge in [0, 0.05) is 17.7 Å². The Hall–Kier alpha value is -0.570. The van der Waals surface area contributed by atoms with Crippen molar-refractivity contribution in [3.63, 3.8) is 0 Å². The van der Waals surface area contributed by atoms with Gasteiger partial charge in [0.05, 0.1) is 6.10 Å². The second kappa shape index (κ2) is 5.85. The quantitative estimate of drug-likeness (QED) is 0.887. The Bertz CT molecular complexity index is 374. The topological polar surface area (TPSA) is 21.3 Å². The van der Waals surface area contributed by atoms with E-state index in [0.29, 0.717) is 12.1 Å². The average Bonchev–Trinajstić information content (AvgIpc) is 2.82. The van der Waals surface area contributed by atoms with Crippen LogP contribution in [0.1, 0.15) is 36.4 Å². The Kier molecular flexibility index (Phi) is 4.43. The number of rotatable bonds is 4. The lowest BCUT2D eigenvalue weighted by atomic mass is 9.98. The van der Waals surface area contributed by atoms with Crippen molar-refractivity contribution in [2.75, 3.05) is 13.7 Å². The highest BCUT2D eigenvalue weighted by Crippen LogP contribution is 2.27. The van der Waals surface area contributed by atoms with Crippen molar-refractivity contribution in [3.05, 3.63) is 34.3 Å². The predicted octanol–water partition coefficient (Wildman–Crippen LogP) is 3.48. The van der Waals surface area contributed by atoms with Crippen LogP contribution in [0.4, 0.5) is 0 Å². The van der Waals surface area contributed by atoms with Crippen molar-refractivity contribution in [3.8, 4) is 0 Å². The Balaban J connectivity index is 2.08. The molecule has 1 aliphatic heterocycles. The average molecular weight is 254 g/mol. The minimum atomic E-state index is 0.330. The number of ether oxygens (including phenoxy) is 1. The van der Waals surface area contributed by atoms with Gasteiger partial charge in [0.25, 0.3) is 0 Å². The van der Waals surface area contributed by atoms with E-state index in [-0.39, 0.29) is 0 Å². The normalized spacial score (nSPS) is 21.7. The third-order valence-electron chi connectivity index (χ3n) is 3.47. The number of aryl methyl sites for hydroxylation is 1. The lowest BCUT2D eigenvalue weighted by Crippen LogP contribution is -2.22. The SMILES string of the molecule is CNC(CC1CCCO1)c1ccc(C)c(Cl)c1. The van der Waals surface area contributed by atoms with Crippen LogP contribution in [-0.2, 0) is 4.74 Å². The van der Waals surface area contributed by atoms with Gasteiger partial charge in [0.1, 0.15) is 0 Å². The van der Waals surface area contributed by atoms with Crippen molar-refractivity contribution in [1.29, 1.82) is 0 Å². The maximum Gasteiger partial charge on any atom is 0.0594 e. The van der Waals surface area contributed by atoms with Crippen molar-refractivity contribution >= 4 is 11.6 Å². The highest BCUT2D eigenvalue weighted by Gasteiger charge is 2.21. The Morgan fingerprint density at radius 1 is 1.53 bits per heavy atom. The zero-order valence-electron chi connectivity index (χ0n) is 10.5. The maximum absolute atomic E-state index is 6.17. The highest BCUT2D eigenvalue weighted by molar-refractivity contribution is 6.31. The van der Waals surface area contributed by atoms with Gasteiger partial charge in [0.15, 0.2) is 0 Å².